The van der Waals surface area contributed by atoms with Crippen molar-refractivity contribution in [3.63, 3.8) is 0 Å². The van der Waals surface area contributed by atoms with E-state index in [0.717, 1.165) is 10.4 Å². The van der Waals surface area contributed by atoms with Crippen molar-refractivity contribution in [2.24, 2.45) is 0 Å². The summed E-state index contributed by atoms with van der Waals surface area (Å²) in [6.07, 6.45) is 1.62. The van der Waals surface area contributed by atoms with Gasteiger partial charge >= 0.3 is 0 Å². The number of methoxy groups -OCH3 is 1. The van der Waals surface area contributed by atoms with Crippen molar-refractivity contribution >= 4 is 26.5 Å². The molecule has 2 aromatic rings. The molecule has 6 nitrogen and oxygen atoms in total. The summed E-state index contributed by atoms with van der Waals surface area (Å²) in [6, 6.07) is 5.06. The smallest absolute Gasteiger partial charge is 0.267 e. The Morgan fingerprint density at radius 2 is 2.14 bits per heavy atom. The van der Waals surface area contributed by atoms with Gasteiger partial charge in [0.05, 0.1) is 7.11 Å². The first-order valence-corrected chi connectivity index (χ1v) is 8.53. The molecule has 21 heavy (non-hydrogen) atoms. The highest BCUT2D eigenvalue weighted by molar-refractivity contribution is 7.93. The number of ether oxygens (including phenoxy) is 1. The summed E-state index contributed by atoms with van der Waals surface area (Å²) in [5, 5.41) is 3.33. The Morgan fingerprint density at radius 3 is 2.71 bits per heavy atom. The number of nitrogens with one attached hydrogen (secondary N) is 2. The van der Waals surface area contributed by atoms with Gasteiger partial charge in [0.25, 0.3) is 10.0 Å². The van der Waals surface area contributed by atoms with E-state index in [2.05, 4.69) is 15.0 Å². The quantitative estimate of drug-likeness (QED) is 0.848. The van der Waals surface area contributed by atoms with Gasteiger partial charge in [-0.25, -0.2) is 13.4 Å². The first-order chi connectivity index (χ1) is 9.96. The molecule has 2 N–H and O–H groups in total. The second kappa shape index (κ2) is 6.42. The Bertz CT molecular complexity index is 726. The third kappa shape index (κ3) is 3.72. The van der Waals surface area contributed by atoms with E-state index in [1.54, 1.807) is 25.4 Å². The molecule has 0 saturated heterocycles. The minimum Gasteiger partial charge on any atom is -0.495 e. The van der Waals surface area contributed by atoms with Gasteiger partial charge in [-0.2, -0.15) is 0 Å². The van der Waals surface area contributed by atoms with E-state index in [-0.39, 0.29) is 4.90 Å². The third-order valence-corrected chi connectivity index (χ3v) is 5.06. The topological polar surface area (TPSA) is 80.3 Å². The van der Waals surface area contributed by atoms with Gasteiger partial charge in [0.1, 0.15) is 10.6 Å². The van der Waals surface area contributed by atoms with Crippen molar-refractivity contribution in [1.82, 2.24) is 10.3 Å². The van der Waals surface area contributed by atoms with Crippen LogP contribution in [0.4, 0.5) is 5.13 Å². The predicted molar refractivity (Wildman–Crippen MR) is 83.4 cm³/mol. The van der Waals surface area contributed by atoms with E-state index in [1.807, 2.05) is 13.0 Å². The van der Waals surface area contributed by atoms with Crippen molar-refractivity contribution < 1.29 is 13.2 Å². The molecule has 0 aliphatic rings. The Balaban J connectivity index is 2.39. The van der Waals surface area contributed by atoms with Gasteiger partial charge in [-0.3, -0.25) is 4.72 Å². The van der Waals surface area contributed by atoms with Crippen molar-refractivity contribution in [1.29, 1.82) is 0 Å². The highest BCUT2D eigenvalue weighted by Gasteiger charge is 2.21. The van der Waals surface area contributed by atoms with Crippen LogP contribution in [0.2, 0.25) is 0 Å². The highest BCUT2D eigenvalue weighted by Crippen LogP contribution is 2.28. The molecule has 1 aromatic carbocycles. The van der Waals surface area contributed by atoms with Crippen LogP contribution >= 0.6 is 11.3 Å². The van der Waals surface area contributed by atoms with Crippen molar-refractivity contribution in [2.45, 2.75) is 18.4 Å². The summed E-state index contributed by atoms with van der Waals surface area (Å²) in [4.78, 5) is 5.05. The molecule has 0 bridgehead atoms. The number of anilines is 1. The Hall–Kier alpha value is -1.64. The van der Waals surface area contributed by atoms with Crippen LogP contribution in [0.5, 0.6) is 5.75 Å². The maximum atomic E-state index is 12.5. The molecule has 0 unspecified atom stereocenters. The number of rotatable bonds is 6. The van der Waals surface area contributed by atoms with Gasteiger partial charge in [0, 0.05) is 17.6 Å². The molecule has 0 saturated carbocycles. The number of hydrogen-bond donors (Lipinski definition) is 2. The lowest BCUT2D eigenvalue weighted by Gasteiger charge is -2.11. The number of thiazole rings is 1. The zero-order valence-electron chi connectivity index (χ0n) is 12.0. The van der Waals surface area contributed by atoms with E-state index < -0.39 is 10.0 Å². The van der Waals surface area contributed by atoms with Crippen LogP contribution < -0.4 is 14.8 Å². The van der Waals surface area contributed by atoms with Crippen LogP contribution in [0, 0.1) is 6.92 Å². The number of benzene rings is 1. The first kappa shape index (κ1) is 15.7. The molecule has 114 valence electrons. The molecule has 1 aromatic heterocycles. The van der Waals surface area contributed by atoms with Crippen LogP contribution in [-0.4, -0.2) is 27.6 Å². The van der Waals surface area contributed by atoms with Crippen molar-refractivity contribution in [2.75, 3.05) is 18.9 Å². The molecular weight excluding hydrogens is 310 g/mol. The number of hydrogen-bond acceptors (Lipinski definition) is 6. The van der Waals surface area contributed by atoms with Crippen LogP contribution in [0.25, 0.3) is 0 Å². The Kier molecular flexibility index (Phi) is 4.81. The highest BCUT2D eigenvalue weighted by atomic mass is 32.2. The fourth-order valence-electron chi connectivity index (χ4n) is 1.82. The standard InChI is InChI=1S/C13H17N3O3S2/c1-9-7-15-13(20-9)16-21(17,18)12-6-10(8-14-2)4-5-11(12)19-3/h4-7,14H,8H2,1-3H3,(H,15,16). The third-order valence-electron chi connectivity index (χ3n) is 2.74. The summed E-state index contributed by atoms with van der Waals surface area (Å²) in [7, 11) is -0.494. The minimum absolute atomic E-state index is 0.102. The summed E-state index contributed by atoms with van der Waals surface area (Å²) in [5.41, 5.74) is 0.856. The van der Waals surface area contributed by atoms with Crippen molar-refractivity contribution in [3.8, 4) is 5.75 Å². The van der Waals surface area contributed by atoms with Gasteiger partial charge in [-0.1, -0.05) is 6.07 Å². The number of aryl methyl sites for hydroxylation is 1. The zero-order chi connectivity index (χ0) is 15.5. The fraction of sp³-hybridized carbons (Fsp3) is 0.308. The lowest BCUT2D eigenvalue weighted by atomic mass is 10.2. The molecule has 0 fully saturated rings. The molecule has 0 spiro atoms. The number of nitrogens with zero attached hydrogens (tertiary/aromatic N) is 1. The second-order valence-electron chi connectivity index (χ2n) is 4.40. The van der Waals surface area contributed by atoms with Crippen LogP contribution in [-0.2, 0) is 16.6 Å². The Morgan fingerprint density at radius 1 is 1.38 bits per heavy atom. The van der Waals surface area contributed by atoms with E-state index in [9.17, 15) is 8.42 Å². The number of aromatic nitrogens is 1. The van der Waals surface area contributed by atoms with Crippen molar-refractivity contribution in [3.05, 3.63) is 34.8 Å². The summed E-state index contributed by atoms with van der Waals surface area (Å²) < 4.78 is 32.6. The van der Waals surface area contributed by atoms with E-state index in [0.29, 0.717) is 17.4 Å². The SMILES string of the molecule is CNCc1ccc(OC)c(S(=O)(=O)Nc2ncc(C)s2)c1. The molecule has 2 rings (SSSR count). The molecule has 0 aliphatic heterocycles. The molecule has 0 radical (unpaired) electrons. The molecular formula is C13H17N3O3S2. The lowest BCUT2D eigenvalue weighted by molar-refractivity contribution is 0.402. The average Bonchev–Trinajstić information content (AvgIpc) is 2.83. The zero-order valence-corrected chi connectivity index (χ0v) is 13.6. The predicted octanol–water partition coefficient (Wildman–Crippen LogP) is 1.98. The van der Waals surface area contributed by atoms with Gasteiger partial charge in [0.15, 0.2) is 5.13 Å². The maximum Gasteiger partial charge on any atom is 0.267 e. The number of sulfonamides is 1. The molecule has 8 heteroatoms. The summed E-state index contributed by atoms with van der Waals surface area (Å²) in [6.45, 7) is 2.44. The molecule has 0 amide bonds. The van der Waals surface area contributed by atoms with Crippen LogP contribution in [0.3, 0.4) is 0 Å². The van der Waals surface area contributed by atoms with Gasteiger partial charge in [0.2, 0.25) is 0 Å². The Labute approximate surface area is 128 Å². The lowest BCUT2D eigenvalue weighted by Crippen LogP contribution is -2.15. The molecule has 0 atom stereocenters. The molecule has 0 aliphatic carbocycles. The van der Waals surface area contributed by atoms with Gasteiger partial charge < -0.3 is 10.1 Å². The van der Waals surface area contributed by atoms with E-state index in [4.69, 9.17) is 4.74 Å². The monoisotopic (exact) mass is 327 g/mol. The van der Waals surface area contributed by atoms with Crippen LogP contribution in [0.1, 0.15) is 10.4 Å². The van der Waals surface area contributed by atoms with Crippen LogP contribution in [0.15, 0.2) is 29.3 Å². The molecule has 1 heterocycles. The fourth-order valence-corrected chi connectivity index (χ4v) is 3.94. The normalized spacial score (nSPS) is 11.4. The summed E-state index contributed by atoms with van der Waals surface area (Å²) >= 11 is 1.28. The maximum absolute atomic E-state index is 12.5. The first-order valence-electron chi connectivity index (χ1n) is 6.23. The largest absolute Gasteiger partial charge is 0.495 e. The van der Waals surface area contributed by atoms with Gasteiger partial charge in [-0.05, 0) is 31.7 Å². The van der Waals surface area contributed by atoms with E-state index in [1.165, 1.54) is 18.4 Å². The van der Waals surface area contributed by atoms with E-state index >= 15 is 0 Å². The average molecular weight is 327 g/mol. The minimum atomic E-state index is -3.74. The van der Waals surface area contributed by atoms with Gasteiger partial charge in [-0.15, -0.1) is 11.3 Å². The summed E-state index contributed by atoms with van der Waals surface area (Å²) in [5.74, 6) is 0.302. The second-order valence-corrected chi connectivity index (χ2v) is 7.28.